The fraction of sp³-hybridized carbons (Fsp3) is 0.855. The van der Waals surface area contributed by atoms with E-state index in [1.165, 1.54) is 283 Å². The number of hydrogen-bond donors (Lipinski definition) is 1. The van der Waals surface area contributed by atoms with E-state index in [0.29, 0.717) is 17.4 Å². The summed E-state index contributed by atoms with van der Waals surface area (Å²) in [5, 5.41) is 9.75. The highest BCUT2D eigenvalue weighted by molar-refractivity contribution is 5.71. The monoisotopic (exact) mass is 1200 g/mol. The van der Waals surface area contributed by atoms with Gasteiger partial charge in [0.15, 0.2) is 6.10 Å². The molecular formula is C76H142NO8+. The van der Waals surface area contributed by atoms with E-state index in [-0.39, 0.29) is 38.2 Å². The Balaban J connectivity index is 4.02. The number of quaternary nitrogens is 1. The second kappa shape index (κ2) is 67.2. The third kappa shape index (κ3) is 68.6. The van der Waals surface area contributed by atoms with E-state index in [2.05, 4.69) is 62.5 Å². The molecule has 0 aromatic carbocycles. The van der Waals surface area contributed by atoms with Crippen LogP contribution in [0.1, 0.15) is 361 Å². The lowest BCUT2D eigenvalue weighted by molar-refractivity contribution is -0.870. The van der Waals surface area contributed by atoms with Gasteiger partial charge in [0.2, 0.25) is 0 Å². The molecule has 9 heteroatoms. The maximum absolute atomic E-state index is 13.0. The molecule has 1 N–H and O–H groups in total. The largest absolute Gasteiger partial charge is 0.477 e. The van der Waals surface area contributed by atoms with Crippen molar-refractivity contribution in [2.24, 2.45) is 0 Å². The molecule has 0 heterocycles. The zero-order valence-electron chi connectivity index (χ0n) is 57.0. The van der Waals surface area contributed by atoms with Crippen LogP contribution in [-0.4, -0.2) is 87.4 Å². The summed E-state index contributed by atoms with van der Waals surface area (Å²) in [6.07, 6.45) is 83.8. The number of likely N-dealkylation sites (N-methyl/N-ethyl adjacent to an activating group) is 1. The van der Waals surface area contributed by atoms with E-state index in [9.17, 15) is 19.5 Å². The van der Waals surface area contributed by atoms with Crippen molar-refractivity contribution in [3.63, 3.8) is 0 Å². The van der Waals surface area contributed by atoms with Crippen LogP contribution in [0.3, 0.4) is 0 Å². The number of carboxylic acids is 1. The summed E-state index contributed by atoms with van der Waals surface area (Å²) < 4.78 is 23.0. The molecule has 0 spiro atoms. The van der Waals surface area contributed by atoms with Crippen molar-refractivity contribution < 1.29 is 42.9 Å². The van der Waals surface area contributed by atoms with E-state index in [0.717, 1.165) is 51.4 Å². The Morgan fingerprint density at radius 1 is 0.353 bits per heavy atom. The van der Waals surface area contributed by atoms with Crippen LogP contribution >= 0.6 is 0 Å². The Hall–Kier alpha value is -2.75. The minimum atomic E-state index is -1.51. The number of carboxylic acid groups (broad SMARTS) is 1. The molecule has 0 amide bonds. The molecule has 0 saturated heterocycles. The summed E-state index contributed by atoms with van der Waals surface area (Å²) in [4.78, 5) is 37.6. The molecule has 0 aliphatic rings. The number of nitrogens with zero attached hydrogens (tertiary/aromatic N) is 1. The van der Waals surface area contributed by atoms with Gasteiger partial charge in [-0.1, -0.05) is 319 Å². The van der Waals surface area contributed by atoms with Crippen molar-refractivity contribution in [1.82, 2.24) is 0 Å². The van der Waals surface area contributed by atoms with E-state index < -0.39 is 18.4 Å². The van der Waals surface area contributed by atoms with Gasteiger partial charge in [0.05, 0.1) is 34.4 Å². The summed E-state index contributed by atoms with van der Waals surface area (Å²) in [5.41, 5.74) is 0. The maximum Gasteiger partial charge on any atom is 0.361 e. The van der Waals surface area contributed by atoms with Gasteiger partial charge in [-0.3, -0.25) is 9.59 Å². The number of aliphatic carboxylic acids is 1. The number of unbranched alkanes of at least 4 members (excludes halogenated alkanes) is 46. The van der Waals surface area contributed by atoms with Gasteiger partial charge in [0, 0.05) is 12.8 Å². The van der Waals surface area contributed by atoms with Gasteiger partial charge in [-0.15, -0.1) is 0 Å². The Labute approximate surface area is 527 Å². The molecule has 0 aromatic heterocycles. The van der Waals surface area contributed by atoms with Gasteiger partial charge in [-0.25, -0.2) is 4.79 Å². The molecule has 85 heavy (non-hydrogen) atoms. The molecule has 0 aliphatic heterocycles. The first-order valence-electron chi connectivity index (χ1n) is 36.8. The van der Waals surface area contributed by atoms with Crippen LogP contribution in [0.25, 0.3) is 0 Å². The highest BCUT2D eigenvalue weighted by Gasteiger charge is 2.25. The van der Waals surface area contributed by atoms with E-state index >= 15 is 0 Å². The highest BCUT2D eigenvalue weighted by atomic mass is 16.7. The first-order chi connectivity index (χ1) is 41.6. The molecule has 0 fully saturated rings. The van der Waals surface area contributed by atoms with E-state index in [4.69, 9.17) is 18.9 Å². The van der Waals surface area contributed by atoms with Crippen LogP contribution in [0.15, 0.2) is 48.6 Å². The summed E-state index contributed by atoms with van der Waals surface area (Å²) in [5.74, 6) is -1.98. The number of carbonyl (C=O) groups excluding carboxylic acids is 2. The first kappa shape index (κ1) is 82.2. The van der Waals surface area contributed by atoms with Crippen LogP contribution in [0.2, 0.25) is 0 Å². The van der Waals surface area contributed by atoms with Crippen molar-refractivity contribution in [3.8, 4) is 0 Å². The SMILES string of the molecule is CCCCCCC/C=C\C/C=C\CCCCCCCCCCCCCCCCCCCCCCCCCC(=O)OC(COC(=O)CCCCCCCCCCCCCCC/C=C\C/C=C\CCCCCCC)COC(OCC[N+](C)(C)C)C(=O)O. The Bertz CT molecular complexity index is 1530. The zero-order valence-corrected chi connectivity index (χ0v) is 57.0. The summed E-state index contributed by atoms with van der Waals surface area (Å²) in [6.45, 7) is 4.92. The van der Waals surface area contributed by atoms with Crippen molar-refractivity contribution in [1.29, 1.82) is 0 Å². The molecule has 0 aromatic rings. The first-order valence-corrected chi connectivity index (χ1v) is 36.8. The lowest BCUT2D eigenvalue weighted by Gasteiger charge is -2.25. The molecule has 0 aliphatic carbocycles. The topological polar surface area (TPSA) is 108 Å². The Morgan fingerprint density at radius 2 is 0.635 bits per heavy atom. The van der Waals surface area contributed by atoms with E-state index in [1.807, 2.05) is 21.1 Å². The number of allylic oxidation sites excluding steroid dienone is 8. The van der Waals surface area contributed by atoms with Gasteiger partial charge in [-0.05, 0) is 77.0 Å². The van der Waals surface area contributed by atoms with Crippen LogP contribution in [0, 0.1) is 0 Å². The van der Waals surface area contributed by atoms with Gasteiger partial charge >= 0.3 is 17.9 Å². The smallest absolute Gasteiger partial charge is 0.361 e. The molecule has 0 rings (SSSR count). The molecule has 0 bridgehead atoms. The van der Waals surface area contributed by atoms with Crippen LogP contribution < -0.4 is 0 Å². The lowest BCUT2D eigenvalue weighted by Crippen LogP contribution is -2.40. The average molecular weight is 1200 g/mol. The third-order valence-corrected chi connectivity index (χ3v) is 16.6. The number of carbonyl (C=O) groups is 3. The molecule has 0 saturated carbocycles. The normalized spacial score (nSPS) is 12.9. The molecule has 0 radical (unpaired) electrons. The number of hydrogen-bond acceptors (Lipinski definition) is 7. The second-order valence-electron chi connectivity index (χ2n) is 26.3. The number of ether oxygens (including phenoxy) is 4. The zero-order chi connectivity index (χ0) is 61.9. The van der Waals surface area contributed by atoms with E-state index in [1.54, 1.807) is 0 Å². The van der Waals surface area contributed by atoms with Crippen LogP contribution in [0.5, 0.6) is 0 Å². The fourth-order valence-electron chi connectivity index (χ4n) is 10.9. The summed E-state index contributed by atoms with van der Waals surface area (Å²) in [6, 6.07) is 0. The maximum atomic E-state index is 13.0. The molecule has 9 nitrogen and oxygen atoms in total. The fourth-order valence-corrected chi connectivity index (χ4v) is 10.9. The minimum Gasteiger partial charge on any atom is -0.477 e. The number of esters is 2. The van der Waals surface area contributed by atoms with Gasteiger partial charge in [0.25, 0.3) is 6.29 Å². The van der Waals surface area contributed by atoms with Crippen molar-refractivity contribution in [3.05, 3.63) is 48.6 Å². The van der Waals surface area contributed by atoms with Gasteiger partial charge < -0.3 is 28.5 Å². The molecule has 498 valence electrons. The third-order valence-electron chi connectivity index (χ3n) is 16.6. The quantitative estimate of drug-likeness (QED) is 0.0211. The minimum absolute atomic E-state index is 0.178. The second-order valence-corrected chi connectivity index (χ2v) is 26.3. The van der Waals surface area contributed by atoms with Gasteiger partial charge in [0.1, 0.15) is 13.2 Å². The van der Waals surface area contributed by atoms with Crippen molar-refractivity contribution >= 4 is 17.9 Å². The summed E-state index contributed by atoms with van der Waals surface area (Å²) >= 11 is 0. The Morgan fingerprint density at radius 3 is 0.929 bits per heavy atom. The van der Waals surface area contributed by atoms with Crippen molar-refractivity contribution in [2.75, 3.05) is 47.5 Å². The highest BCUT2D eigenvalue weighted by Crippen LogP contribution is 2.19. The predicted molar refractivity (Wildman–Crippen MR) is 364 cm³/mol. The molecule has 2 atom stereocenters. The Kier molecular flexibility index (Phi) is 65.0. The number of rotatable bonds is 69. The van der Waals surface area contributed by atoms with Gasteiger partial charge in [-0.2, -0.15) is 0 Å². The standard InChI is InChI=1S/C76H141NO8/c1-6-8-10-12-14-16-18-20-22-24-26-28-30-32-33-34-35-36-37-38-39-40-41-43-45-47-49-51-53-55-57-59-61-63-65-67-74(79)85-72(71-84-76(75(80)81)82-69-68-77(3,4)5)70-83-73(78)66-64-62-60-58-56-54-52-50-48-46-44-42-31-29-27-25-23-21-19-17-15-13-11-9-7-2/h18-21,24-27,72,76H,6-17,22-23,28-71H2,1-5H3/p+1/b20-18-,21-19-,26-24-,27-25-. The predicted octanol–water partition coefficient (Wildman–Crippen LogP) is 22.9. The van der Waals surface area contributed by atoms with Crippen LogP contribution in [-0.2, 0) is 33.3 Å². The van der Waals surface area contributed by atoms with Crippen LogP contribution in [0.4, 0.5) is 0 Å². The summed E-state index contributed by atoms with van der Waals surface area (Å²) in [7, 11) is 5.99. The lowest BCUT2D eigenvalue weighted by atomic mass is 10.0. The molecule has 2 unspecified atom stereocenters. The average Bonchev–Trinajstić information content (AvgIpc) is 3.48. The van der Waals surface area contributed by atoms with Crippen molar-refractivity contribution in [2.45, 2.75) is 373 Å². The molecular weight excluding hydrogens is 1050 g/mol.